The van der Waals surface area contributed by atoms with Crippen molar-refractivity contribution in [2.24, 2.45) is 5.92 Å². The summed E-state index contributed by atoms with van der Waals surface area (Å²) < 4.78 is 1.74. The van der Waals surface area contributed by atoms with Gasteiger partial charge in [0, 0.05) is 38.2 Å². The summed E-state index contributed by atoms with van der Waals surface area (Å²) in [6.45, 7) is 5.00. The van der Waals surface area contributed by atoms with Gasteiger partial charge in [0.1, 0.15) is 0 Å². The highest BCUT2D eigenvalue weighted by Gasteiger charge is 2.35. The summed E-state index contributed by atoms with van der Waals surface area (Å²) in [5.74, 6) is 0.424. The van der Waals surface area contributed by atoms with Crippen LogP contribution in [0.5, 0.6) is 0 Å². The number of rotatable bonds is 1. The van der Waals surface area contributed by atoms with Crippen LogP contribution in [0.2, 0.25) is 0 Å². The Labute approximate surface area is 117 Å². The largest absolute Gasteiger partial charge is 0.342 e. The van der Waals surface area contributed by atoms with Gasteiger partial charge in [0.05, 0.1) is 5.56 Å². The minimum absolute atomic E-state index is 0.0934. The van der Waals surface area contributed by atoms with Crippen LogP contribution in [0.3, 0.4) is 0 Å². The number of Topliss-reactive ketones (excluding diaryl/α,β-unsaturated/α-hetero) is 1. The van der Waals surface area contributed by atoms with E-state index in [1.54, 1.807) is 17.6 Å². The number of nitrogens with zero attached hydrogens (tertiary/aromatic N) is 2. The molecule has 106 valence electrons. The van der Waals surface area contributed by atoms with E-state index in [2.05, 4.69) is 0 Å². The lowest BCUT2D eigenvalue weighted by atomic mass is 9.83. The van der Waals surface area contributed by atoms with Crippen molar-refractivity contribution in [3.63, 3.8) is 0 Å². The predicted molar refractivity (Wildman–Crippen MR) is 73.8 cm³/mol. The molecule has 0 radical (unpaired) electrons. The molecule has 0 N–H and O–H groups in total. The molecule has 3 heterocycles. The molecule has 0 aliphatic carbocycles. The van der Waals surface area contributed by atoms with Crippen LogP contribution in [0.25, 0.3) is 0 Å². The number of amides is 1. The van der Waals surface area contributed by atoms with Crippen molar-refractivity contribution in [3.05, 3.63) is 33.7 Å². The molecule has 2 atom stereocenters. The summed E-state index contributed by atoms with van der Waals surface area (Å²) in [5.41, 5.74) is 1.04. The summed E-state index contributed by atoms with van der Waals surface area (Å²) in [5, 5.41) is 0. The standard InChI is InChI=1S/C15H18N2O3/c1-9(18)13-3-4-14-12-5-11(7-17(14)15(13)20)6-16(8-12)10(2)19/h3-4,11-12H,5-8H2,1-2H3. The lowest BCUT2D eigenvalue weighted by molar-refractivity contribution is -0.131. The second kappa shape index (κ2) is 4.58. The molecule has 5 heteroatoms. The minimum Gasteiger partial charge on any atom is -0.342 e. The summed E-state index contributed by atoms with van der Waals surface area (Å²) in [6.07, 6.45) is 1.02. The number of piperidine rings is 1. The van der Waals surface area contributed by atoms with Gasteiger partial charge >= 0.3 is 0 Å². The first-order valence-corrected chi connectivity index (χ1v) is 6.97. The van der Waals surface area contributed by atoms with Crippen LogP contribution in [0.4, 0.5) is 0 Å². The van der Waals surface area contributed by atoms with Crippen molar-refractivity contribution < 1.29 is 9.59 Å². The van der Waals surface area contributed by atoms with Crippen LogP contribution in [0.15, 0.2) is 16.9 Å². The second-order valence-corrected chi connectivity index (χ2v) is 5.87. The van der Waals surface area contributed by atoms with Gasteiger partial charge in [-0.3, -0.25) is 14.4 Å². The molecule has 2 unspecified atom stereocenters. The topological polar surface area (TPSA) is 59.4 Å². The van der Waals surface area contributed by atoms with Crippen LogP contribution in [0.1, 0.15) is 42.2 Å². The number of likely N-dealkylation sites (tertiary alicyclic amines) is 1. The lowest BCUT2D eigenvalue weighted by Crippen LogP contribution is -2.49. The molecule has 5 nitrogen and oxygen atoms in total. The van der Waals surface area contributed by atoms with Gasteiger partial charge in [-0.25, -0.2) is 0 Å². The summed E-state index contributed by atoms with van der Waals surface area (Å²) in [4.78, 5) is 37.3. The second-order valence-electron chi connectivity index (χ2n) is 5.87. The summed E-state index contributed by atoms with van der Waals surface area (Å²) >= 11 is 0. The normalized spacial score (nSPS) is 24.2. The van der Waals surface area contributed by atoms with Gasteiger partial charge in [-0.2, -0.15) is 0 Å². The third-order valence-corrected chi connectivity index (χ3v) is 4.43. The molecule has 1 saturated heterocycles. The molecular weight excluding hydrogens is 256 g/mol. The first kappa shape index (κ1) is 13.1. The smallest absolute Gasteiger partial charge is 0.261 e. The fraction of sp³-hybridized carbons (Fsp3) is 0.533. The molecule has 20 heavy (non-hydrogen) atoms. The average Bonchev–Trinajstić information content (AvgIpc) is 2.39. The quantitative estimate of drug-likeness (QED) is 0.718. The van der Waals surface area contributed by atoms with Crippen molar-refractivity contribution in [2.45, 2.75) is 32.7 Å². The summed E-state index contributed by atoms with van der Waals surface area (Å²) in [7, 11) is 0. The highest BCUT2D eigenvalue weighted by atomic mass is 16.2. The average molecular weight is 274 g/mol. The number of hydrogen-bond donors (Lipinski definition) is 0. The highest BCUT2D eigenvalue weighted by molar-refractivity contribution is 5.93. The zero-order valence-electron chi connectivity index (χ0n) is 11.8. The Morgan fingerprint density at radius 2 is 1.90 bits per heavy atom. The number of ketones is 1. The van der Waals surface area contributed by atoms with Crippen molar-refractivity contribution in [3.8, 4) is 0 Å². The van der Waals surface area contributed by atoms with Crippen LogP contribution in [0, 0.1) is 5.92 Å². The van der Waals surface area contributed by atoms with Crippen molar-refractivity contribution in [2.75, 3.05) is 13.1 Å². The number of carbonyl (C=O) groups excluding carboxylic acids is 2. The molecule has 0 aromatic carbocycles. The van der Waals surface area contributed by atoms with E-state index in [9.17, 15) is 14.4 Å². The maximum absolute atomic E-state index is 12.4. The van der Waals surface area contributed by atoms with E-state index in [4.69, 9.17) is 0 Å². The van der Waals surface area contributed by atoms with Gasteiger partial charge in [0.25, 0.3) is 5.56 Å². The Morgan fingerprint density at radius 1 is 1.15 bits per heavy atom. The fourth-order valence-corrected chi connectivity index (χ4v) is 3.47. The number of carbonyl (C=O) groups is 2. The molecular formula is C15H18N2O3. The van der Waals surface area contributed by atoms with E-state index in [-0.39, 0.29) is 28.7 Å². The third-order valence-electron chi connectivity index (χ3n) is 4.43. The summed E-state index contributed by atoms with van der Waals surface area (Å²) in [6, 6.07) is 3.51. The number of pyridine rings is 1. The van der Waals surface area contributed by atoms with Gasteiger partial charge in [-0.1, -0.05) is 0 Å². The maximum atomic E-state index is 12.4. The minimum atomic E-state index is -0.189. The Kier molecular flexibility index (Phi) is 3.00. The van der Waals surface area contributed by atoms with E-state index < -0.39 is 0 Å². The molecule has 1 amide bonds. The molecule has 2 aliphatic rings. The Hall–Kier alpha value is -1.91. The number of hydrogen-bond acceptors (Lipinski definition) is 3. The van der Waals surface area contributed by atoms with E-state index in [1.165, 1.54) is 6.92 Å². The van der Waals surface area contributed by atoms with Gasteiger partial charge in [-0.15, -0.1) is 0 Å². The first-order chi connectivity index (χ1) is 9.47. The van der Waals surface area contributed by atoms with Gasteiger partial charge in [0.15, 0.2) is 5.78 Å². The maximum Gasteiger partial charge on any atom is 0.261 e. The molecule has 2 bridgehead atoms. The van der Waals surface area contributed by atoms with Gasteiger partial charge in [-0.05, 0) is 31.4 Å². The highest BCUT2D eigenvalue weighted by Crippen LogP contribution is 2.35. The van der Waals surface area contributed by atoms with Crippen LogP contribution < -0.4 is 5.56 Å². The molecule has 1 aromatic heterocycles. The lowest BCUT2D eigenvalue weighted by Gasteiger charge is -2.42. The molecule has 3 rings (SSSR count). The zero-order valence-corrected chi connectivity index (χ0v) is 11.8. The Balaban J connectivity index is 2.04. The number of aromatic nitrogens is 1. The molecule has 0 saturated carbocycles. The van der Waals surface area contributed by atoms with Gasteiger partial charge in [0.2, 0.25) is 5.91 Å². The Morgan fingerprint density at radius 3 is 2.55 bits per heavy atom. The molecule has 1 fully saturated rings. The molecule has 1 aromatic rings. The molecule has 2 aliphatic heterocycles. The van der Waals surface area contributed by atoms with Crippen LogP contribution in [-0.4, -0.2) is 34.2 Å². The monoisotopic (exact) mass is 274 g/mol. The zero-order chi connectivity index (χ0) is 14.4. The SMILES string of the molecule is CC(=O)c1ccc2n(c1=O)CC1CC2CN(C(C)=O)C1. The predicted octanol–water partition coefficient (Wildman–Crippen LogP) is 1.02. The van der Waals surface area contributed by atoms with E-state index in [0.29, 0.717) is 25.6 Å². The first-order valence-electron chi connectivity index (χ1n) is 6.97. The Bertz CT molecular complexity index is 647. The van der Waals surface area contributed by atoms with Crippen LogP contribution in [-0.2, 0) is 11.3 Å². The van der Waals surface area contributed by atoms with Crippen molar-refractivity contribution in [1.29, 1.82) is 0 Å². The van der Waals surface area contributed by atoms with Crippen molar-refractivity contribution in [1.82, 2.24) is 9.47 Å². The van der Waals surface area contributed by atoms with Crippen molar-refractivity contribution >= 4 is 11.7 Å². The number of fused-ring (bicyclic) bond motifs is 4. The third kappa shape index (κ3) is 1.97. The van der Waals surface area contributed by atoms with E-state index in [0.717, 1.165) is 12.1 Å². The molecule has 0 spiro atoms. The van der Waals surface area contributed by atoms with Gasteiger partial charge < -0.3 is 9.47 Å². The van der Waals surface area contributed by atoms with Crippen LogP contribution >= 0.6 is 0 Å². The van der Waals surface area contributed by atoms with E-state index in [1.807, 2.05) is 11.0 Å². The van der Waals surface area contributed by atoms with E-state index >= 15 is 0 Å². The fourth-order valence-electron chi connectivity index (χ4n) is 3.47.